The predicted molar refractivity (Wildman–Crippen MR) is 103 cm³/mol. The molecule has 1 aliphatic heterocycles. The molecule has 1 N–H and O–H groups in total. The Labute approximate surface area is 162 Å². The van der Waals surface area contributed by atoms with Crippen molar-refractivity contribution in [2.75, 3.05) is 26.8 Å². The fourth-order valence-corrected chi connectivity index (χ4v) is 3.60. The number of piperidine rings is 1. The molecule has 3 heterocycles. The maximum atomic E-state index is 12.6. The molecular formula is C20H23N5O3. The van der Waals surface area contributed by atoms with Crippen molar-refractivity contribution in [2.45, 2.75) is 25.7 Å². The van der Waals surface area contributed by atoms with Gasteiger partial charge in [-0.05, 0) is 37.5 Å². The second kappa shape index (κ2) is 7.84. The van der Waals surface area contributed by atoms with Gasteiger partial charge in [0.25, 0.3) is 5.91 Å². The third-order valence-electron chi connectivity index (χ3n) is 5.14. The monoisotopic (exact) mass is 381 g/mol. The number of aromatic nitrogens is 4. The number of ether oxygens (including phenoxy) is 2. The average molecular weight is 381 g/mol. The standard InChI is InChI=1S/C20H23N5O3/c1-13-3-4-15(16(11-13)27-2)28-12-17(26)25-9-5-14(6-10-25)18-19-20(24-23-18)22-8-7-21-19/h3-4,7-8,11,14H,5-6,9-10,12H2,1-2H3,(H,22,23,24). The van der Waals surface area contributed by atoms with Crippen molar-refractivity contribution in [3.8, 4) is 11.5 Å². The van der Waals surface area contributed by atoms with Gasteiger partial charge in [0.15, 0.2) is 23.8 Å². The average Bonchev–Trinajstić information content (AvgIpc) is 3.17. The van der Waals surface area contributed by atoms with Crippen LogP contribution in [0.25, 0.3) is 11.2 Å². The van der Waals surface area contributed by atoms with Crippen LogP contribution in [0.1, 0.15) is 30.0 Å². The molecule has 0 saturated carbocycles. The van der Waals surface area contributed by atoms with E-state index in [1.165, 1.54) is 0 Å². The van der Waals surface area contributed by atoms with Gasteiger partial charge in [-0.2, -0.15) is 5.10 Å². The number of hydrogen-bond donors (Lipinski definition) is 1. The maximum absolute atomic E-state index is 12.6. The van der Waals surface area contributed by atoms with E-state index in [-0.39, 0.29) is 12.5 Å². The van der Waals surface area contributed by atoms with Crippen LogP contribution in [-0.4, -0.2) is 57.8 Å². The molecule has 1 amide bonds. The Balaban J connectivity index is 1.34. The van der Waals surface area contributed by atoms with Gasteiger partial charge >= 0.3 is 0 Å². The molecule has 0 unspecified atom stereocenters. The molecule has 0 bridgehead atoms. The summed E-state index contributed by atoms with van der Waals surface area (Å²) >= 11 is 0. The molecule has 0 radical (unpaired) electrons. The highest BCUT2D eigenvalue weighted by Crippen LogP contribution is 2.31. The van der Waals surface area contributed by atoms with E-state index >= 15 is 0 Å². The minimum Gasteiger partial charge on any atom is -0.493 e. The molecule has 1 saturated heterocycles. The van der Waals surface area contributed by atoms with Crippen LogP contribution in [0.4, 0.5) is 0 Å². The Morgan fingerprint density at radius 1 is 1.21 bits per heavy atom. The number of rotatable bonds is 5. The van der Waals surface area contributed by atoms with Gasteiger partial charge in [-0.15, -0.1) is 0 Å². The van der Waals surface area contributed by atoms with E-state index in [2.05, 4.69) is 20.2 Å². The lowest BCUT2D eigenvalue weighted by Gasteiger charge is -2.31. The fourth-order valence-electron chi connectivity index (χ4n) is 3.60. The van der Waals surface area contributed by atoms with Gasteiger partial charge in [0.2, 0.25) is 0 Å². The number of amides is 1. The molecule has 0 aliphatic carbocycles. The first-order chi connectivity index (χ1) is 13.7. The van der Waals surface area contributed by atoms with Crippen molar-refractivity contribution >= 4 is 17.1 Å². The largest absolute Gasteiger partial charge is 0.493 e. The number of nitrogens with zero attached hydrogens (tertiary/aromatic N) is 4. The summed E-state index contributed by atoms with van der Waals surface area (Å²) in [5.41, 5.74) is 3.54. The highest BCUT2D eigenvalue weighted by atomic mass is 16.5. The summed E-state index contributed by atoms with van der Waals surface area (Å²) in [5, 5.41) is 7.30. The van der Waals surface area contributed by atoms with E-state index in [0.717, 1.165) is 29.6 Å². The first-order valence-corrected chi connectivity index (χ1v) is 9.36. The number of fused-ring (bicyclic) bond motifs is 1. The fraction of sp³-hybridized carbons (Fsp3) is 0.400. The van der Waals surface area contributed by atoms with Crippen molar-refractivity contribution in [2.24, 2.45) is 0 Å². The van der Waals surface area contributed by atoms with E-state index in [1.807, 2.05) is 30.0 Å². The smallest absolute Gasteiger partial charge is 0.260 e. The van der Waals surface area contributed by atoms with E-state index in [9.17, 15) is 4.79 Å². The molecule has 1 aromatic carbocycles. The van der Waals surface area contributed by atoms with Crippen molar-refractivity contribution in [1.82, 2.24) is 25.1 Å². The predicted octanol–water partition coefficient (Wildman–Crippen LogP) is 2.45. The van der Waals surface area contributed by atoms with Crippen LogP contribution in [0.5, 0.6) is 11.5 Å². The number of benzene rings is 1. The summed E-state index contributed by atoms with van der Waals surface area (Å²) in [4.78, 5) is 23.0. The Kier molecular flexibility index (Phi) is 5.10. The molecule has 28 heavy (non-hydrogen) atoms. The zero-order valence-corrected chi connectivity index (χ0v) is 16.0. The molecular weight excluding hydrogens is 358 g/mol. The van der Waals surface area contributed by atoms with Crippen LogP contribution in [0, 0.1) is 6.92 Å². The highest BCUT2D eigenvalue weighted by Gasteiger charge is 2.27. The highest BCUT2D eigenvalue weighted by molar-refractivity contribution is 5.78. The van der Waals surface area contributed by atoms with Crippen molar-refractivity contribution in [3.05, 3.63) is 41.9 Å². The summed E-state index contributed by atoms with van der Waals surface area (Å²) in [7, 11) is 1.60. The number of aryl methyl sites for hydroxylation is 1. The van der Waals surface area contributed by atoms with E-state index in [4.69, 9.17) is 9.47 Å². The second-order valence-electron chi connectivity index (χ2n) is 6.96. The van der Waals surface area contributed by atoms with Crippen molar-refractivity contribution in [1.29, 1.82) is 0 Å². The van der Waals surface area contributed by atoms with Crippen molar-refractivity contribution < 1.29 is 14.3 Å². The summed E-state index contributed by atoms with van der Waals surface area (Å²) in [6.07, 6.45) is 5.02. The summed E-state index contributed by atoms with van der Waals surface area (Å²) < 4.78 is 11.0. The number of carbonyl (C=O) groups excluding carboxylic acids is 1. The molecule has 8 heteroatoms. The first kappa shape index (κ1) is 18.2. The minimum absolute atomic E-state index is 0.00253. The van der Waals surface area contributed by atoms with E-state index < -0.39 is 0 Å². The van der Waals surface area contributed by atoms with Gasteiger partial charge < -0.3 is 14.4 Å². The SMILES string of the molecule is COc1cc(C)ccc1OCC(=O)N1CCC(c2[nH]nc3nccnc23)CC1. The van der Waals surface area contributed by atoms with Crippen LogP contribution >= 0.6 is 0 Å². The molecule has 2 aromatic heterocycles. The lowest BCUT2D eigenvalue weighted by atomic mass is 9.93. The van der Waals surface area contributed by atoms with Crippen LogP contribution in [0.3, 0.4) is 0 Å². The number of hydrogen-bond acceptors (Lipinski definition) is 6. The zero-order valence-electron chi connectivity index (χ0n) is 16.0. The van der Waals surface area contributed by atoms with Gasteiger partial charge in [0, 0.05) is 31.4 Å². The van der Waals surface area contributed by atoms with E-state index in [0.29, 0.717) is 36.2 Å². The zero-order chi connectivity index (χ0) is 19.5. The third-order valence-corrected chi connectivity index (χ3v) is 5.14. The van der Waals surface area contributed by atoms with Crippen LogP contribution in [0.2, 0.25) is 0 Å². The normalized spacial score (nSPS) is 15.0. The Hall–Kier alpha value is -3.16. The van der Waals surface area contributed by atoms with Gasteiger partial charge in [0.05, 0.1) is 12.8 Å². The maximum Gasteiger partial charge on any atom is 0.260 e. The molecule has 3 aromatic rings. The summed E-state index contributed by atoms with van der Waals surface area (Å²) in [6, 6.07) is 5.66. The number of aromatic amines is 1. The Morgan fingerprint density at radius 2 is 2.00 bits per heavy atom. The number of methoxy groups -OCH3 is 1. The molecule has 4 rings (SSSR count). The minimum atomic E-state index is -0.0182. The molecule has 8 nitrogen and oxygen atoms in total. The third kappa shape index (κ3) is 3.62. The van der Waals surface area contributed by atoms with Gasteiger partial charge in [-0.3, -0.25) is 9.89 Å². The van der Waals surface area contributed by atoms with Crippen LogP contribution < -0.4 is 9.47 Å². The van der Waals surface area contributed by atoms with Crippen molar-refractivity contribution in [3.63, 3.8) is 0 Å². The molecule has 0 atom stereocenters. The number of likely N-dealkylation sites (tertiary alicyclic amines) is 1. The number of carbonyl (C=O) groups is 1. The quantitative estimate of drug-likeness (QED) is 0.730. The van der Waals surface area contributed by atoms with E-state index in [1.54, 1.807) is 19.5 Å². The van der Waals surface area contributed by atoms with Crippen LogP contribution in [-0.2, 0) is 4.79 Å². The number of H-pyrrole nitrogens is 1. The first-order valence-electron chi connectivity index (χ1n) is 9.36. The lowest BCUT2D eigenvalue weighted by molar-refractivity contribution is -0.134. The molecule has 146 valence electrons. The van der Waals surface area contributed by atoms with Gasteiger partial charge in [-0.25, -0.2) is 9.97 Å². The van der Waals surface area contributed by atoms with Gasteiger partial charge in [-0.1, -0.05) is 6.07 Å². The topological polar surface area (TPSA) is 93.2 Å². The lowest BCUT2D eigenvalue weighted by Crippen LogP contribution is -2.40. The Morgan fingerprint density at radius 3 is 2.79 bits per heavy atom. The summed E-state index contributed by atoms with van der Waals surface area (Å²) in [6.45, 7) is 3.34. The molecule has 0 spiro atoms. The second-order valence-corrected chi connectivity index (χ2v) is 6.96. The Bertz CT molecular complexity index is 979. The van der Waals surface area contributed by atoms with Gasteiger partial charge in [0.1, 0.15) is 5.52 Å². The van der Waals surface area contributed by atoms with Crippen LogP contribution in [0.15, 0.2) is 30.6 Å². The molecule has 1 fully saturated rings. The number of nitrogens with one attached hydrogen (secondary N) is 1. The molecule has 1 aliphatic rings. The summed E-state index contributed by atoms with van der Waals surface area (Å²) in [5.74, 6) is 1.50.